The molecule has 0 aliphatic rings. The van der Waals surface area contributed by atoms with E-state index in [1.54, 1.807) is 14.2 Å². The van der Waals surface area contributed by atoms with Crippen molar-refractivity contribution >= 4 is 30.1 Å². The number of rotatable bonds is 2. The summed E-state index contributed by atoms with van der Waals surface area (Å²) in [4.78, 5) is 11.6. The zero-order valence-corrected chi connectivity index (χ0v) is 12.2. The Morgan fingerprint density at radius 1 is 1.32 bits per heavy atom. The first-order valence-electron chi connectivity index (χ1n) is 5.48. The molecule has 6 nitrogen and oxygen atoms in total. The lowest BCUT2D eigenvalue weighted by molar-refractivity contribution is 0.256. The van der Waals surface area contributed by atoms with Gasteiger partial charge in [-0.05, 0) is 25.5 Å². The quantitative estimate of drug-likeness (QED) is 0.495. The van der Waals surface area contributed by atoms with Crippen LogP contribution in [0, 0.1) is 19.3 Å². The molecule has 1 aromatic rings. The van der Waals surface area contributed by atoms with Crippen LogP contribution < -0.4 is 20.7 Å². The van der Waals surface area contributed by atoms with Crippen LogP contribution >= 0.6 is 12.4 Å². The molecule has 0 fully saturated rings. The molecule has 0 radical (unpaired) electrons. The SMILES string of the molecule is CNC(=N)NC(=O)Nc1c(C)ccc(OC)c1C.Cl. The number of hydrogen-bond donors (Lipinski definition) is 4. The van der Waals surface area contributed by atoms with Crippen LogP contribution in [0.15, 0.2) is 12.1 Å². The van der Waals surface area contributed by atoms with E-state index >= 15 is 0 Å². The third-order valence-electron chi connectivity index (χ3n) is 2.57. The zero-order chi connectivity index (χ0) is 13.7. The van der Waals surface area contributed by atoms with Crippen molar-refractivity contribution in [1.82, 2.24) is 10.6 Å². The summed E-state index contributed by atoms with van der Waals surface area (Å²) >= 11 is 0. The predicted octanol–water partition coefficient (Wildman–Crippen LogP) is 2.01. The van der Waals surface area contributed by atoms with Gasteiger partial charge >= 0.3 is 6.03 Å². The Hall–Kier alpha value is -1.95. The summed E-state index contributed by atoms with van der Waals surface area (Å²) in [5.41, 5.74) is 2.47. The highest BCUT2D eigenvalue weighted by Gasteiger charge is 2.11. The standard InChI is InChI=1S/C12H18N4O2.ClH/c1-7-5-6-9(18-4)8(2)10(7)15-12(17)16-11(13)14-3;/h5-6H,1-4H3,(H4,13,14,15,16,17);1H. The number of aryl methyl sites for hydroxylation is 1. The van der Waals surface area contributed by atoms with Crippen LogP contribution in [0.1, 0.15) is 11.1 Å². The van der Waals surface area contributed by atoms with E-state index in [9.17, 15) is 4.79 Å². The maximum atomic E-state index is 11.6. The molecule has 0 spiro atoms. The maximum Gasteiger partial charge on any atom is 0.326 e. The van der Waals surface area contributed by atoms with Gasteiger partial charge in [-0.2, -0.15) is 0 Å². The summed E-state index contributed by atoms with van der Waals surface area (Å²) in [5.74, 6) is 0.644. The van der Waals surface area contributed by atoms with Gasteiger partial charge in [0.15, 0.2) is 5.96 Å². The van der Waals surface area contributed by atoms with Gasteiger partial charge in [-0.3, -0.25) is 10.7 Å². The number of halogens is 1. The number of methoxy groups -OCH3 is 1. The average Bonchev–Trinajstić information content (AvgIpc) is 2.34. The van der Waals surface area contributed by atoms with E-state index in [2.05, 4.69) is 16.0 Å². The molecular formula is C12H19ClN4O2. The van der Waals surface area contributed by atoms with Crippen molar-refractivity contribution in [2.75, 3.05) is 19.5 Å². The fourth-order valence-corrected chi connectivity index (χ4v) is 1.56. The topological polar surface area (TPSA) is 86.2 Å². The van der Waals surface area contributed by atoms with Crippen LogP contribution in [-0.2, 0) is 0 Å². The molecule has 4 N–H and O–H groups in total. The summed E-state index contributed by atoms with van der Waals surface area (Å²) < 4.78 is 5.20. The van der Waals surface area contributed by atoms with Gasteiger partial charge in [-0.15, -0.1) is 12.4 Å². The number of benzene rings is 1. The highest BCUT2D eigenvalue weighted by atomic mass is 35.5. The zero-order valence-electron chi connectivity index (χ0n) is 11.4. The first-order chi connectivity index (χ1) is 8.49. The van der Waals surface area contributed by atoms with Gasteiger partial charge in [0.25, 0.3) is 0 Å². The van der Waals surface area contributed by atoms with Crippen molar-refractivity contribution in [3.8, 4) is 5.75 Å². The molecule has 0 aliphatic carbocycles. The predicted molar refractivity (Wildman–Crippen MR) is 78.7 cm³/mol. The average molecular weight is 287 g/mol. The first-order valence-corrected chi connectivity index (χ1v) is 5.48. The number of amides is 2. The largest absolute Gasteiger partial charge is 0.496 e. The smallest absolute Gasteiger partial charge is 0.326 e. The van der Waals surface area contributed by atoms with E-state index in [1.165, 1.54) is 0 Å². The van der Waals surface area contributed by atoms with Crippen LogP contribution in [0.5, 0.6) is 5.75 Å². The van der Waals surface area contributed by atoms with Gasteiger partial charge in [0.1, 0.15) is 5.75 Å². The molecule has 0 aromatic heterocycles. The van der Waals surface area contributed by atoms with Crippen molar-refractivity contribution in [1.29, 1.82) is 5.41 Å². The number of anilines is 1. The van der Waals surface area contributed by atoms with Crippen molar-refractivity contribution in [2.45, 2.75) is 13.8 Å². The van der Waals surface area contributed by atoms with Gasteiger partial charge < -0.3 is 15.4 Å². The lowest BCUT2D eigenvalue weighted by atomic mass is 10.1. The highest BCUT2D eigenvalue weighted by molar-refractivity contribution is 6.02. The fraction of sp³-hybridized carbons (Fsp3) is 0.333. The van der Waals surface area contributed by atoms with E-state index in [0.717, 1.165) is 11.1 Å². The first kappa shape index (κ1) is 17.1. The monoisotopic (exact) mass is 286 g/mol. The van der Waals surface area contributed by atoms with Crippen molar-refractivity contribution in [3.63, 3.8) is 0 Å². The molecular weight excluding hydrogens is 268 g/mol. The Morgan fingerprint density at radius 3 is 2.47 bits per heavy atom. The van der Waals surface area contributed by atoms with Crippen LogP contribution in [-0.4, -0.2) is 26.1 Å². The summed E-state index contributed by atoms with van der Waals surface area (Å²) in [6.45, 7) is 3.76. The Morgan fingerprint density at radius 2 is 1.95 bits per heavy atom. The molecule has 1 aromatic carbocycles. The third kappa shape index (κ3) is 4.33. The number of nitrogens with one attached hydrogen (secondary N) is 4. The minimum absolute atomic E-state index is 0. The molecule has 0 atom stereocenters. The molecule has 0 saturated carbocycles. The summed E-state index contributed by atoms with van der Waals surface area (Å²) in [7, 11) is 3.14. The van der Waals surface area contributed by atoms with Gasteiger partial charge in [-0.25, -0.2) is 4.79 Å². The highest BCUT2D eigenvalue weighted by Crippen LogP contribution is 2.28. The molecule has 0 saturated heterocycles. The second-order valence-electron chi connectivity index (χ2n) is 3.79. The minimum atomic E-state index is -0.464. The lowest BCUT2D eigenvalue weighted by Gasteiger charge is -2.15. The second kappa shape index (κ2) is 7.48. The minimum Gasteiger partial charge on any atom is -0.496 e. The lowest BCUT2D eigenvalue weighted by Crippen LogP contribution is -2.40. The van der Waals surface area contributed by atoms with Gasteiger partial charge in [-0.1, -0.05) is 6.07 Å². The molecule has 2 amide bonds. The number of ether oxygens (including phenoxy) is 1. The maximum absolute atomic E-state index is 11.6. The molecule has 0 unspecified atom stereocenters. The van der Waals surface area contributed by atoms with E-state index in [1.807, 2.05) is 26.0 Å². The van der Waals surface area contributed by atoms with Crippen LogP contribution in [0.2, 0.25) is 0 Å². The fourth-order valence-electron chi connectivity index (χ4n) is 1.56. The summed E-state index contributed by atoms with van der Waals surface area (Å²) in [6, 6.07) is 3.25. The molecule has 0 aliphatic heterocycles. The molecule has 106 valence electrons. The number of urea groups is 1. The Labute approximate surface area is 118 Å². The van der Waals surface area contributed by atoms with E-state index in [4.69, 9.17) is 10.1 Å². The summed E-state index contributed by atoms with van der Waals surface area (Å²) in [5, 5.41) is 14.9. The van der Waals surface area contributed by atoms with Crippen molar-refractivity contribution < 1.29 is 9.53 Å². The number of hydrogen-bond acceptors (Lipinski definition) is 3. The van der Waals surface area contributed by atoms with Crippen molar-refractivity contribution in [3.05, 3.63) is 23.3 Å². The van der Waals surface area contributed by atoms with Crippen LogP contribution in [0.3, 0.4) is 0 Å². The second-order valence-corrected chi connectivity index (χ2v) is 3.79. The number of guanidine groups is 1. The molecule has 0 bridgehead atoms. The third-order valence-corrected chi connectivity index (χ3v) is 2.57. The van der Waals surface area contributed by atoms with E-state index in [0.29, 0.717) is 11.4 Å². The van der Waals surface area contributed by atoms with Crippen molar-refractivity contribution in [2.24, 2.45) is 0 Å². The number of carbonyl (C=O) groups excluding carboxylic acids is 1. The Kier molecular flexibility index (Phi) is 6.71. The molecule has 0 heterocycles. The van der Waals surface area contributed by atoms with E-state index < -0.39 is 6.03 Å². The van der Waals surface area contributed by atoms with Gasteiger partial charge in [0.05, 0.1) is 12.8 Å². The van der Waals surface area contributed by atoms with Gasteiger partial charge in [0.2, 0.25) is 0 Å². The molecule has 19 heavy (non-hydrogen) atoms. The van der Waals surface area contributed by atoms with Crippen LogP contribution in [0.4, 0.5) is 10.5 Å². The normalized spacial score (nSPS) is 9.05. The molecule has 1 rings (SSSR count). The Balaban J connectivity index is 0.00000324. The van der Waals surface area contributed by atoms with Crippen LogP contribution in [0.25, 0.3) is 0 Å². The summed E-state index contributed by atoms with van der Waals surface area (Å²) in [6.07, 6.45) is 0. The number of carbonyl (C=O) groups is 1. The van der Waals surface area contributed by atoms with E-state index in [-0.39, 0.29) is 18.4 Å². The van der Waals surface area contributed by atoms with Gasteiger partial charge in [0, 0.05) is 12.6 Å². The molecule has 7 heteroatoms. The Bertz CT molecular complexity index is 477.